The average molecular weight is 1020 g/mol. The van der Waals surface area contributed by atoms with Gasteiger partial charge in [-0.25, -0.2) is 0 Å². The SMILES string of the molecule is CCCCCCCCCCCCC/C=C/C(O)C(COC1OC(CO)C(O)C(O)C1O)NC(=O)C(O)CCCCCCCCCCCCCCCCCCCCCCCCCCCCCCCCCCCC. The lowest BCUT2D eigenvalue weighted by atomic mass is 9.99. The molecule has 1 heterocycles. The van der Waals surface area contributed by atoms with Gasteiger partial charge in [0.1, 0.15) is 30.5 Å². The summed E-state index contributed by atoms with van der Waals surface area (Å²) in [6.45, 7) is 3.64. The lowest BCUT2D eigenvalue weighted by Crippen LogP contribution is -2.60. The van der Waals surface area contributed by atoms with Gasteiger partial charge in [0.05, 0.1) is 25.4 Å². The van der Waals surface area contributed by atoms with Crippen LogP contribution in [0.5, 0.6) is 0 Å². The molecule has 0 aliphatic carbocycles. The van der Waals surface area contributed by atoms with Crippen molar-refractivity contribution in [3.63, 3.8) is 0 Å². The molecule has 0 radical (unpaired) electrons. The van der Waals surface area contributed by atoms with Crippen LogP contribution in [0.15, 0.2) is 12.2 Å². The molecule has 428 valence electrons. The summed E-state index contributed by atoms with van der Waals surface area (Å²) in [7, 11) is 0. The highest BCUT2D eigenvalue weighted by Gasteiger charge is 2.44. The smallest absolute Gasteiger partial charge is 0.249 e. The molecular weight excluding hydrogens is 903 g/mol. The number of allylic oxidation sites excluding steroid dienone is 1. The fraction of sp³-hybridized carbons (Fsp3) is 0.952. The predicted molar refractivity (Wildman–Crippen MR) is 301 cm³/mol. The zero-order valence-electron chi connectivity index (χ0n) is 47.3. The number of hydrogen-bond donors (Lipinski definition) is 7. The normalized spacial score (nSPS) is 19.6. The van der Waals surface area contributed by atoms with E-state index in [0.717, 1.165) is 44.9 Å². The number of amides is 1. The summed E-state index contributed by atoms with van der Waals surface area (Å²) in [6, 6.07) is -0.976. The molecule has 10 heteroatoms. The first-order valence-corrected chi connectivity index (χ1v) is 31.5. The minimum Gasteiger partial charge on any atom is -0.394 e. The standard InChI is InChI=1S/C62H121NO9/c1-3-5-7-9-11-13-15-17-18-19-20-21-22-23-24-25-26-27-28-29-30-31-32-33-34-35-36-37-39-41-43-45-47-49-51-56(66)61(70)63-54(53-71-62-60(69)59(68)58(67)57(52-64)72-62)55(65)50-48-46-44-42-40-38-16-14-12-10-8-6-4-2/h48,50,54-60,62,64-69H,3-47,49,51-53H2,1-2H3,(H,63,70)/b50-48+. The summed E-state index contributed by atoms with van der Waals surface area (Å²) in [5, 5.41) is 65.0. The summed E-state index contributed by atoms with van der Waals surface area (Å²) in [5.74, 6) is -0.610. The molecule has 8 atom stereocenters. The zero-order chi connectivity index (χ0) is 52.4. The van der Waals surface area contributed by atoms with E-state index in [1.807, 2.05) is 6.08 Å². The number of hydrogen-bond acceptors (Lipinski definition) is 9. The Kier molecular flexibility index (Phi) is 49.7. The highest BCUT2D eigenvalue weighted by atomic mass is 16.7. The second kappa shape index (κ2) is 52.0. The largest absolute Gasteiger partial charge is 0.394 e. The van der Waals surface area contributed by atoms with Crippen LogP contribution < -0.4 is 5.32 Å². The Labute approximate surface area is 444 Å². The second-order valence-corrected chi connectivity index (χ2v) is 22.4. The van der Waals surface area contributed by atoms with Gasteiger partial charge in [0.2, 0.25) is 5.91 Å². The van der Waals surface area contributed by atoms with Crippen LogP contribution in [-0.2, 0) is 14.3 Å². The first kappa shape index (κ1) is 68.9. The lowest BCUT2D eigenvalue weighted by molar-refractivity contribution is -0.302. The number of rotatable bonds is 55. The third-order valence-corrected chi connectivity index (χ3v) is 15.5. The van der Waals surface area contributed by atoms with Crippen molar-refractivity contribution in [2.24, 2.45) is 0 Å². The van der Waals surface area contributed by atoms with Gasteiger partial charge >= 0.3 is 0 Å². The third kappa shape index (κ3) is 40.2. The molecular formula is C62H121NO9. The molecule has 10 nitrogen and oxygen atoms in total. The van der Waals surface area contributed by atoms with E-state index in [4.69, 9.17) is 9.47 Å². The zero-order valence-corrected chi connectivity index (χ0v) is 47.3. The number of aliphatic hydroxyl groups excluding tert-OH is 6. The Morgan fingerprint density at radius 1 is 0.472 bits per heavy atom. The molecule has 0 aromatic heterocycles. The van der Waals surface area contributed by atoms with Crippen LogP contribution in [0.25, 0.3) is 0 Å². The first-order chi connectivity index (χ1) is 35.3. The van der Waals surface area contributed by atoms with Crippen LogP contribution in [-0.4, -0.2) is 98.7 Å². The van der Waals surface area contributed by atoms with Crippen molar-refractivity contribution in [1.82, 2.24) is 5.32 Å². The van der Waals surface area contributed by atoms with Gasteiger partial charge in [-0.1, -0.05) is 309 Å². The maximum Gasteiger partial charge on any atom is 0.249 e. The van der Waals surface area contributed by atoms with E-state index >= 15 is 0 Å². The summed E-state index contributed by atoms with van der Waals surface area (Å²) in [4.78, 5) is 13.1. The molecule has 8 unspecified atom stereocenters. The molecule has 1 fully saturated rings. The Morgan fingerprint density at radius 3 is 1.12 bits per heavy atom. The van der Waals surface area contributed by atoms with Crippen LogP contribution in [0.3, 0.4) is 0 Å². The van der Waals surface area contributed by atoms with E-state index in [0.29, 0.717) is 6.42 Å². The minimum absolute atomic E-state index is 0.301. The first-order valence-electron chi connectivity index (χ1n) is 31.5. The van der Waals surface area contributed by atoms with E-state index in [1.54, 1.807) is 6.08 Å². The fourth-order valence-electron chi connectivity index (χ4n) is 10.4. The molecule has 0 aromatic rings. The summed E-state index contributed by atoms with van der Waals surface area (Å²) >= 11 is 0. The maximum atomic E-state index is 13.1. The van der Waals surface area contributed by atoms with Crippen molar-refractivity contribution in [1.29, 1.82) is 0 Å². The van der Waals surface area contributed by atoms with Gasteiger partial charge in [-0.05, 0) is 19.3 Å². The van der Waals surface area contributed by atoms with Crippen molar-refractivity contribution < 1.29 is 44.9 Å². The minimum atomic E-state index is -1.61. The van der Waals surface area contributed by atoms with Gasteiger partial charge in [-0.3, -0.25) is 4.79 Å². The molecule has 0 saturated carbocycles. The van der Waals surface area contributed by atoms with Crippen LogP contribution in [0.1, 0.15) is 316 Å². The molecule has 1 aliphatic rings. The summed E-state index contributed by atoms with van der Waals surface area (Å²) in [6.07, 6.45) is 55.0. The Balaban J connectivity index is 2.09. The van der Waals surface area contributed by atoms with Crippen LogP contribution in [0, 0.1) is 0 Å². The number of carbonyl (C=O) groups excluding carboxylic acids is 1. The van der Waals surface area contributed by atoms with Gasteiger partial charge in [0.25, 0.3) is 0 Å². The van der Waals surface area contributed by atoms with E-state index in [1.165, 1.54) is 250 Å². The van der Waals surface area contributed by atoms with E-state index in [-0.39, 0.29) is 6.61 Å². The van der Waals surface area contributed by atoms with Crippen molar-refractivity contribution in [3.8, 4) is 0 Å². The molecule has 0 bridgehead atoms. The third-order valence-electron chi connectivity index (χ3n) is 15.5. The Bertz CT molecular complexity index is 1160. The van der Waals surface area contributed by atoms with Gasteiger partial charge in [0, 0.05) is 0 Å². The van der Waals surface area contributed by atoms with Crippen LogP contribution >= 0.6 is 0 Å². The van der Waals surface area contributed by atoms with Crippen molar-refractivity contribution in [2.45, 2.75) is 365 Å². The van der Waals surface area contributed by atoms with E-state index < -0.39 is 61.5 Å². The van der Waals surface area contributed by atoms with Gasteiger partial charge in [0.15, 0.2) is 6.29 Å². The number of nitrogens with one attached hydrogen (secondary N) is 1. The number of unbranched alkanes of at least 4 members (excludes halogenated alkanes) is 44. The molecule has 1 saturated heterocycles. The summed E-state index contributed by atoms with van der Waals surface area (Å²) in [5.41, 5.74) is 0. The quantitative estimate of drug-likeness (QED) is 0.0232. The van der Waals surface area contributed by atoms with Crippen molar-refractivity contribution >= 4 is 5.91 Å². The van der Waals surface area contributed by atoms with Gasteiger partial charge < -0.3 is 45.4 Å². The average Bonchev–Trinajstić information content (AvgIpc) is 3.38. The monoisotopic (exact) mass is 1020 g/mol. The Hall–Kier alpha value is -1.11. The van der Waals surface area contributed by atoms with Crippen molar-refractivity contribution in [2.75, 3.05) is 13.2 Å². The molecule has 1 rings (SSSR count). The van der Waals surface area contributed by atoms with Crippen LogP contribution in [0.4, 0.5) is 0 Å². The van der Waals surface area contributed by atoms with E-state index in [2.05, 4.69) is 19.2 Å². The number of aliphatic hydroxyl groups is 6. The van der Waals surface area contributed by atoms with Crippen LogP contribution in [0.2, 0.25) is 0 Å². The number of carbonyl (C=O) groups is 1. The molecule has 1 aliphatic heterocycles. The lowest BCUT2D eigenvalue weighted by Gasteiger charge is -2.40. The molecule has 0 aromatic carbocycles. The second-order valence-electron chi connectivity index (χ2n) is 22.4. The van der Waals surface area contributed by atoms with Gasteiger partial charge in [-0.2, -0.15) is 0 Å². The maximum absolute atomic E-state index is 13.1. The summed E-state index contributed by atoms with van der Waals surface area (Å²) < 4.78 is 11.2. The van der Waals surface area contributed by atoms with Gasteiger partial charge in [-0.15, -0.1) is 0 Å². The van der Waals surface area contributed by atoms with E-state index in [9.17, 15) is 35.4 Å². The Morgan fingerprint density at radius 2 is 0.792 bits per heavy atom. The highest BCUT2D eigenvalue weighted by molar-refractivity contribution is 5.80. The topological polar surface area (TPSA) is 169 Å². The molecule has 0 spiro atoms. The molecule has 1 amide bonds. The van der Waals surface area contributed by atoms with Crippen molar-refractivity contribution in [3.05, 3.63) is 12.2 Å². The molecule has 72 heavy (non-hydrogen) atoms. The highest BCUT2D eigenvalue weighted by Crippen LogP contribution is 2.23. The fourth-order valence-corrected chi connectivity index (χ4v) is 10.4. The molecule has 7 N–H and O–H groups in total. The predicted octanol–water partition coefficient (Wildman–Crippen LogP) is 14.9. The number of ether oxygens (including phenoxy) is 2.